The first-order chi connectivity index (χ1) is 9.85. The Morgan fingerprint density at radius 3 is 2.76 bits per heavy atom. The summed E-state index contributed by atoms with van der Waals surface area (Å²) in [5, 5.41) is 11.5. The minimum absolute atomic E-state index is 0.137. The Morgan fingerprint density at radius 2 is 2.10 bits per heavy atom. The Bertz CT molecular complexity index is 525. The molecule has 0 aliphatic heterocycles. The zero-order valence-electron chi connectivity index (χ0n) is 13.6. The smallest absolute Gasteiger partial charge is 0.125 e. The number of fused-ring (bicyclic) bond motifs is 1. The molecule has 21 heavy (non-hydrogen) atoms. The van der Waals surface area contributed by atoms with Crippen molar-refractivity contribution in [3.63, 3.8) is 0 Å². The number of aromatic nitrogens is 1. The van der Waals surface area contributed by atoms with E-state index in [1.54, 1.807) is 11.3 Å². The maximum absolute atomic E-state index is 10.4. The summed E-state index contributed by atoms with van der Waals surface area (Å²) in [4.78, 5) is 6.01. The summed E-state index contributed by atoms with van der Waals surface area (Å²) in [6.07, 6.45) is 6.03. The lowest BCUT2D eigenvalue weighted by molar-refractivity contribution is -0.0581. The molecular formula is C17H27NO2S. The van der Waals surface area contributed by atoms with Gasteiger partial charge in [-0.15, -0.1) is 11.3 Å². The molecule has 0 radical (unpaired) electrons. The van der Waals surface area contributed by atoms with Crippen molar-refractivity contribution in [3.05, 3.63) is 15.6 Å². The van der Waals surface area contributed by atoms with Gasteiger partial charge in [0.1, 0.15) is 10.6 Å². The molecule has 0 saturated heterocycles. The Labute approximate surface area is 131 Å². The lowest BCUT2D eigenvalue weighted by atomic mass is 9.77. The van der Waals surface area contributed by atoms with E-state index >= 15 is 0 Å². The molecule has 1 aromatic rings. The van der Waals surface area contributed by atoms with Crippen molar-refractivity contribution in [2.75, 3.05) is 7.11 Å². The highest BCUT2D eigenvalue weighted by atomic mass is 32.1. The summed E-state index contributed by atoms with van der Waals surface area (Å²) < 4.78 is 5.97. The van der Waals surface area contributed by atoms with Crippen LogP contribution in [0.1, 0.15) is 74.6 Å². The van der Waals surface area contributed by atoms with E-state index in [1.807, 2.05) is 7.11 Å². The average Bonchev–Trinajstić information content (AvgIpc) is 2.81. The van der Waals surface area contributed by atoms with Crippen LogP contribution in [-0.4, -0.2) is 17.2 Å². The highest BCUT2D eigenvalue weighted by molar-refractivity contribution is 7.12. The van der Waals surface area contributed by atoms with Gasteiger partial charge in [0.25, 0.3) is 0 Å². The summed E-state index contributed by atoms with van der Waals surface area (Å²) >= 11 is 1.69. The lowest BCUT2D eigenvalue weighted by Crippen LogP contribution is -2.34. The van der Waals surface area contributed by atoms with Crippen molar-refractivity contribution >= 4 is 11.3 Å². The molecule has 0 spiro atoms. The number of aliphatic hydroxyl groups excluding tert-OH is 1. The Hall–Kier alpha value is -0.450. The van der Waals surface area contributed by atoms with E-state index in [4.69, 9.17) is 9.72 Å². The molecule has 3 nitrogen and oxygen atoms in total. The fourth-order valence-electron chi connectivity index (χ4n) is 4.06. The lowest BCUT2D eigenvalue weighted by Gasteiger charge is -2.37. The molecule has 3 unspecified atom stereocenters. The van der Waals surface area contributed by atoms with Gasteiger partial charge in [0.05, 0.1) is 16.7 Å². The molecule has 1 fully saturated rings. The van der Waals surface area contributed by atoms with Crippen LogP contribution < -0.4 is 0 Å². The van der Waals surface area contributed by atoms with Crippen LogP contribution in [0.2, 0.25) is 0 Å². The minimum atomic E-state index is -0.357. The van der Waals surface area contributed by atoms with Gasteiger partial charge < -0.3 is 9.84 Å². The number of methoxy groups -OCH3 is 1. The number of aliphatic hydroxyl groups is 1. The fourth-order valence-corrected chi connectivity index (χ4v) is 5.33. The standard InChI is InChI=1S/C17H27NO2S/c1-11-6-5-7-17(8-11,20-4)15-18-12-9-16(2,3)10-13(19)14(12)21-15/h11,13,19H,5-10H2,1-4H3. The van der Waals surface area contributed by atoms with Crippen LogP contribution in [0.25, 0.3) is 0 Å². The van der Waals surface area contributed by atoms with Crippen molar-refractivity contribution in [2.24, 2.45) is 11.3 Å². The molecule has 118 valence electrons. The van der Waals surface area contributed by atoms with E-state index in [-0.39, 0.29) is 17.1 Å². The maximum Gasteiger partial charge on any atom is 0.125 e. The average molecular weight is 309 g/mol. The molecule has 4 heteroatoms. The van der Waals surface area contributed by atoms with E-state index in [0.29, 0.717) is 5.92 Å². The third kappa shape index (κ3) is 2.78. The Balaban J connectivity index is 1.97. The highest BCUT2D eigenvalue weighted by Gasteiger charge is 2.42. The van der Waals surface area contributed by atoms with Gasteiger partial charge in [0, 0.05) is 7.11 Å². The fraction of sp³-hybridized carbons (Fsp3) is 0.824. The van der Waals surface area contributed by atoms with Gasteiger partial charge in [-0.2, -0.15) is 0 Å². The maximum atomic E-state index is 10.4. The molecule has 3 rings (SSSR count). The number of nitrogens with zero attached hydrogens (tertiary/aromatic N) is 1. The van der Waals surface area contributed by atoms with Crippen molar-refractivity contribution in [1.82, 2.24) is 4.98 Å². The zero-order chi connectivity index (χ0) is 15.3. The highest BCUT2D eigenvalue weighted by Crippen LogP contribution is 2.48. The van der Waals surface area contributed by atoms with E-state index in [2.05, 4.69) is 20.8 Å². The Morgan fingerprint density at radius 1 is 1.33 bits per heavy atom. The second-order valence-corrected chi connectivity index (χ2v) is 8.82. The van der Waals surface area contributed by atoms with Crippen LogP contribution in [-0.2, 0) is 16.8 Å². The van der Waals surface area contributed by atoms with E-state index in [0.717, 1.165) is 41.3 Å². The van der Waals surface area contributed by atoms with Gasteiger partial charge in [-0.3, -0.25) is 0 Å². The van der Waals surface area contributed by atoms with Gasteiger partial charge >= 0.3 is 0 Å². The first-order valence-corrected chi connectivity index (χ1v) is 8.90. The van der Waals surface area contributed by atoms with Gasteiger partial charge in [-0.05, 0) is 43.4 Å². The van der Waals surface area contributed by atoms with Crippen LogP contribution in [0.15, 0.2) is 0 Å². The molecule has 2 aliphatic carbocycles. The third-order valence-electron chi connectivity index (χ3n) is 5.16. The first-order valence-electron chi connectivity index (χ1n) is 8.08. The normalized spacial score (nSPS) is 35.5. The summed E-state index contributed by atoms with van der Waals surface area (Å²) in [6.45, 7) is 6.73. The predicted octanol–water partition coefficient (Wildman–Crippen LogP) is 4.20. The van der Waals surface area contributed by atoms with Crippen LogP contribution >= 0.6 is 11.3 Å². The van der Waals surface area contributed by atoms with E-state index < -0.39 is 0 Å². The first kappa shape index (κ1) is 15.4. The summed E-state index contributed by atoms with van der Waals surface area (Å²) in [5.74, 6) is 0.681. The number of hydrogen-bond donors (Lipinski definition) is 1. The van der Waals surface area contributed by atoms with Crippen molar-refractivity contribution in [2.45, 2.75) is 71.0 Å². The number of ether oxygens (including phenoxy) is 1. The van der Waals surface area contributed by atoms with Gasteiger partial charge in [0.2, 0.25) is 0 Å². The molecule has 1 N–H and O–H groups in total. The second-order valence-electron chi connectivity index (χ2n) is 7.79. The zero-order valence-corrected chi connectivity index (χ0v) is 14.4. The SMILES string of the molecule is COC1(c2nc3c(s2)C(O)CC(C)(C)C3)CCCC(C)C1. The third-order valence-corrected chi connectivity index (χ3v) is 6.54. The largest absolute Gasteiger partial charge is 0.387 e. The molecule has 0 bridgehead atoms. The van der Waals surface area contributed by atoms with E-state index in [1.165, 1.54) is 12.8 Å². The molecular weight excluding hydrogens is 282 g/mol. The second kappa shape index (κ2) is 5.32. The molecule has 1 heterocycles. The summed E-state index contributed by atoms with van der Waals surface area (Å²) in [6, 6.07) is 0. The monoisotopic (exact) mass is 309 g/mol. The Kier molecular flexibility index (Phi) is 3.92. The number of rotatable bonds is 2. The van der Waals surface area contributed by atoms with Crippen LogP contribution in [0.3, 0.4) is 0 Å². The minimum Gasteiger partial charge on any atom is -0.387 e. The van der Waals surface area contributed by atoms with Crippen molar-refractivity contribution < 1.29 is 9.84 Å². The van der Waals surface area contributed by atoms with Crippen molar-refractivity contribution in [1.29, 1.82) is 0 Å². The van der Waals surface area contributed by atoms with Gasteiger partial charge in [-0.25, -0.2) is 4.98 Å². The molecule has 1 aromatic heterocycles. The van der Waals surface area contributed by atoms with Crippen LogP contribution in [0, 0.1) is 11.3 Å². The molecule has 3 atom stereocenters. The van der Waals surface area contributed by atoms with Gasteiger partial charge in [-0.1, -0.05) is 27.2 Å². The predicted molar refractivity (Wildman–Crippen MR) is 85.5 cm³/mol. The quantitative estimate of drug-likeness (QED) is 0.890. The number of hydrogen-bond acceptors (Lipinski definition) is 4. The van der Waals surface area contributed by atoms with Gasteiger partial charge in [0.15, 0.2) is 0 Å². The topological polar surface area (TPSA) is 42.4 Å². The molecule has 1 saturated carbocycles. The molecule has 0 aromatic carbocycles. The molecule has 0 amide bonds. The molecule has 2 aliphatic rings. The van der Waals surface area contributed by atoms with Crippen molar-refractivity contribution in [3.8, 4) is 0 Å². The van der Waals surface area contributed by atoms with Crippen LogP contribution in [0.5, 0.6) is 0 Å². The summed E-state index contributed by atoms with van der Waals surface area (Å²) in [7, 11) is 1.82. The van der Waals surface area contributed by atoms with E-state index in [9.17, 15) is 5.11 Å². The summed E-state index contributed by atoms with van der Waals surface area (Å²) in [5.41, 5.74) is 1.02. The van der Waals surface area contributed by atoms with Crippen LogP contribution in [0.4, 0.5) is 0 Å². The number of thiazole rings is 1.